The summed E-state index contributed by atoms with van der Waals surface area (Å²) in [6.45, 7) is 4.20. The first-order valence-electron chi connectivity index (χ1n) is 6.12. The van der Waals surface area contributed by atoms with Crippen molar-refractivity contribution < 1.29 is 4.39 Å². The van der Waals surface area contributed by atoms with Crippen molar-refractivity contribution in [3.05, 3.63) is 68.9 Å². The molecule has 0 nitrogen and oxygen atoms in total. The summed E-state index contributed by atoms with van der Waals surface area (Å²) in [4.78, 5) is 0.241. The fraction of sp³-hybridized carbons (Fsp3) is 0.250. The number of benzene rings is 2. The van der Waals surface area contributed by atoms with Crippen LogP contribution in [0.4, 0.5) is 4.39 Å². The lowest BCUT2D eigenvalue weighted by Gasteiger charge is -2.15. The van der Waals surface area contributed by atoms with E-state index in [4.69, 9.17) is 0 Å². The molecular formula is C16H15Br2F. The quantitative estimate of drug-likeness (QED) is 0.578. The zero-order valence-corrected chi connectivity index (χ0v) is 14.1. The molecule has 1 unspecified atom stereocenters. The summed E-state index contributed by atoms with van der Waals surface area (Å²) in [6.07, 6.45) is 0.849. The molecule has 3 heteroatoms. The molecule has 0 bridgehead atoms. The minimum Gasteiger partial charge on any atom is -0.207 e. The second kappa shape index (κ2) is 6.19. The van der Waals surface area contributed by atoms with Crippen LogP contribution < -0.4 is 0 Å². The van der Waals surface area contributed by atoms with Gasteiger partial charge in [0, 0.05) is 9.30 Å². The molecule has 0 aliphatic rings. The van der Waals surface area contributed by atoms with E-state index in [2.05, 4.69) is 57.8 Å². The van der Waals surface area contributed by atoms with E-state index in [-0.39, 0.29) is 10.6 Å². The Bertz CT molecular complexity index is 576. The first kappa shape index (κ1) is 14.7. The van der Waals surface area contributed by atoms with Crippen LogP contribution >= 0.6 is 31.9 Å². The van der Waals surface area contributed by atoms with Crippen LogP contribution in [0.1, 0.15) is 27.1 Å². The Hall–Kier alpha value is -0.670. The SMILES string of the molecule is Cc1cc(C(Br)Cc2ccc(F)cc2)c(C)cc1Br. The van der Waals surface area contributed by atoms with Crippen molar-refractivity contribution in [2.24, 2.45) is 0 Å². The molecule has 19 heavy (non-hydrogen) atoms. The van der Waals surface area contributed by atoms with Gasteiger partial charge >= 0.3 is 0 Å². The molecule has 2 aromatic carbocycles. The maximum absolute atomic E-state index is 12.9. The summed E-state index contributed by atoms with van der Waals surface area (Å²) in [5.41, 5.74) is 4.89. The summed E-state index contributed by atoms with van der Waals surface area (Å²) in [5, 5.41) is 0. The van der Waals surface area contributed by atoms with Crippen LogP contribution in [0.15, 0.2) is 40.9 Å². The Kier molecular flexibility index (Phi) is 4.80. The fourth-order valence-electron chi connectivity index (χ4n) is 2.08. The molecule has 0 aliphatic carbocycles. The summed E-state index contributed by atoms with van der Waals surface area (Å²) in [5.74, 6) is -0.189. The van der Waals surface area contributed by atoms with Crippen LogP contribution in [0.2, 0.25) is 0 Å². The minimum atomic E-state index is -0.189. The Morgan fingerprint density at radius 3 is 2.32 bits per heavy atom. The zero-order valence-electron chi connectivity index (χ0n) is 10.9. The number of hydrogen-bond donors (Lipinski definition) is 0. The highest BCUT2D eigenvalue weighted by Gasteiger charge is 2.13. The predicted octanol–water partition coefficient (Wildman–Crippen LogP) is 5.88. The highest BCUT2D eigenvalue weighted by atomic mass is 79.9. The summed E-state index contributed by atoms with van der Waals surface area (Å²) in [6, 6.07) is 11.0. The van der Waals surface area contributed by atoms with E-state index in [9.17, 15) is 4.39 Å². The Morgan fingerprint density at radius 2 is 1.68 bits per heavy atom. The molecule has 2 rings (SSSR count). The molecule has 0 fully saturated rings. The van der Waals surface area contributed by atoms with E-state index in [1.807, 2.05) is 12.1 Å². The van der Waals surface area contributed by atoms with Crippen LogP contribution in [0.5, 0.6) is 0 Å². The van der Waals surface area contributed by atoms with Gasteiger partial charge in [-0.25, -0.2) is 4.39 Å². The molecule has 0 aromatic heterocycles. The van der Waals surface area contributed by atoms with Gasteiger partial charge in [0.15, 0.2) is 0 Å². The average molecular weight is 386 g/mol. The van der Waals surface area contributed by atoms with Crippen molar-refractivity contribution >= 4 is 31.9 Å². The monoisotopic (exact) mass is 384 g/mol. The van der Waals surface area contributed by atoms with Gasteiger partial charge in [0.25, 0.3) is 0 Å². The summed E-state index contributed by atoms with van der Waals surface area (Å²) >= 11 is 7.29. The smallest absolute Gasteiger partial charge is 0.123 e. The number of alkyl halides is 1. The fourth-order valence-corrected chi connectivity index (χ4v) is 3.40. The van der Waals surface area contributed by atoms with Crippen molar-refractivity contribution in [2.45, 2.75) is 25.1 Å². The Labute approximate surface area is 130 Å². The normalized spacial score (nSPS) is 12.5. The second-order valence-electron chi connectivity index (χ2n) is 4.76. The van der Waals surface area contributed by atoms with Gasteiger partial charge in [0.05, 0.1) is 0 Å². The third-order valence-corrected chi connectivity index (χ3v) is 4.88. The lowest BCUT2D eigenvalue weighted by atomic mass is 9.98. The molecule has 0 heterocycles. The molecule has 0 saturated heterocycles. The van der Waals surface area contributed by atoms with Gasteiger partial charge in [-0.3, -0.25) is 0 Å². The lowest BCUT2D eigenvalue weighted by Crippen LogP contribution is -1.99. The van der Waals surface area contributed by atoms with E-state index in [0.717, 1.165) is 16.5 Å². The highest BCUT2D eigenvalue weighted by Crippen LogP contribution is 2.32. The van der Waals surface area contributed by atoms with Crippen LogP contribution in [-0.4, -0.2) is 0 Å². The zero-order chi connectivity index (χ0) is 14.0. The first-order chi connectivity index (χ1) is 8.97. The Balaban J connectivity index is 2.22. The van der Waals surface area contributed by atoms with Crippen molar-refractivity contribution in [3.63, 3.8) is 0 Å². The minimum absolute atomic E-state index is 0.189. The largest absolute Gasteiger partial charge is 0.207 e. The number of rotatable bonds is 3. The molecule has 0 N–H and O–H groups in total. The maximum Gasteiger partial charge on any atom is 0.123 e. The summed E-state index contributed by atoms with van der Waals surface area (Å²) < 4.78 is 14.0. The molecule has 0 radical (unpaired) electrons. The third kappa shape index (κ3) is 3.67. The van der Waals surface area contributed by atoms with Gasteiger partial charge in [-0.1, -0.05) is 50.1 Å². The Morgan fingerprint density at radius 1 is 1.05 bits per heavy atom. The van der Waals surface area contributed by atoms with Gasteiger partial charge in [-0.15, -0.1) is 0 Å². The van der Waals surface area contributed by atoms with Gasteiger partial charge < -0.3 is 0 Å². The van der Waals surface area contributed by atoms with Crippen molar-refractivity contribution in [3.8, 4) is 0 Å². The van der Waals surface area contributed by atoms with E-state index < -0.39 is 0 Å². The molecule has 100 valence electrons. The van der Waals surface area contributed by atoms with Crippen LogP contribution in [-0.2, 0) is 6.42 Å². The van der Waals surface area contributed by atoms with Gasteiger partial charge in [-0.05, 0) is 60.7 Å². The number of aryl methyl sites for hydroxylation is 2. The van der Waals surface area contributed by atoms with Gasteiger partial charge in [0.1, 0.15) is 5.82 Å². The van der Waals surface area contributed by atoms with Crippen LogP contribution in [0, 0.1) is 19.7 Å². The van der Waals surface area contributed by atoms with Gasteiger partial charge in [-0.2, -0.15) is 0 Å². The number of halogens is 3. The second-order valence-corrected chi connectivity index (χ2v) is 6.72. The molecule has 0 spiro atoms. The molecule has 0 amide bonds. The molecule has 2 aromatic rings. The van der Waals surface area contributed by atoms with E-state index >= 15 is 0 Å². The summed E-state index contributed by atoms with van der Waals surface area (Å²) in [7, 11) is 0. The molecule has 0 saturated carbocycles. The van der Waals surface area contributed by atoms with Crippen molar-refractivity contribution in [1.82, 2.24) is 0 Å². The molecule has 1 atom stereocenters. The lowest BCUT2D eigenvalue weighted by molar-refractivity contribution is 0.627. The maximum atomic E-state index is 12.9. The highest BCUT2D eigenvalue weighted by molar-refractivity contribution is 9.10. The molecular weight excluding hydrogens is 371 g/mol. The van der Waals surface area contributed by atoms with E-state index in [0.29, 0.717) is 0 Å². The van der Waals surface area contributed by atoms with Crippen molar-refractivity contribution in [2.75, 3.05) is 0 Å². The van der Waals surface area contributed by atoms with Gasteiger partial charge in [0.2, 0.25) is 0 Å². The van der Waals surface area contributed by atoms with E-state index in [1.54, 1.807) is 0 Å². The number of hydrogen-bond acceptors (Lipinski definition) is 0. The van der Waals surface area contributed by atoms with Crippen molar-refractivity contribution in [1.29, 1.82) is 0 Å². The van der Waals surface area contributed by atoms with Crippen LogP contribution in [0.25, 0.3) is 0 Å². The standard InChI is InChI=1S/C16H15Br2F/c1-10-8-15(17)11(2)7-14(10)16(18)9-12-3-5-13(19)6-4-12/h3-8,16H,9H2,1-2H3. The predicted molar refractivity (Wildman–Crippen MR) is 85.4 cm³/mol. The van der Waals surface area contributed by atoms with Crippen LogP contribution in [0.3, 0.4) is 0 Å². The average Bonchev–Trinajstić information content (AvgIpc) is 2.36. The first-order valence-corrected chi connectivity index (χ1v) is 7.83. The third-order valence-electron chi connectivity index (χ3n) is 3.21. The van der Waals surface area contributed by atoms with E-state index in [1.165, 1.54) is 28.8 Å². The molecule has 0 aliphatic heterocycles. The topological polar surface area (TPSA) is 0 Å².